The third kappa shape index (κ3) is 3.35. The molecule has 0 radical (unpaired) electrons. The van der Waals surface area contributed by atoms with E-state index in [0.29, 0.717) is 17.3 Å². The maximum atomic E-state index is 11.5. The van der Waals surface area contributed by atoms with Crippen LogP contribution in [0.1, 0.15) is 24.0 Å². The van der Waals surface area contributed by atoms with Crippen LogP contribution in [0.3, 0.4) is 0 Å². The van der Waals surface area contributed by atoms with Crippen LogP contribution in [0.15, 0.2) is 39.9 Å². The fourth-order valence-electron chi connectivity index (χ4n) is 2.60. The summed E-state index contributed by atoms with van der Waals surface area (Å²) in [6.45, 7) is 0.772. The van der Waals surface area contributed by atoms with Crippen molar-refractivity contribution in [2.24, 2.45) is 0 Å². The molecular formula is C16H15N3O4S2. The number of sulfone groups is 1. The van der Waals surface area contributed by atoms with Gasteiger partial charge in [0, 0.05) is 18.4 Å². The highest BCUT2D eigenvalue weighted by molar-refractivity contribution is 7.90. The highest BCUT2D eigenvalue weighted by Gasteiger charge is 2.22. The van der Waals surface area contributed by atoms with E-state index in [1.165, 1.54) is 29.7 Å². The number of thiazole rings is 1. The minimum Gasteiger partial charge on any atom is -0.371 e. The minimum absolute atomic E-state index is 0.0599. The van der Waals surface area contributed by atoms with Crippen molar-refractivity contribution >= 4 is 21.2 Å². The van der Waals surface area contributed by atoms with Crippen molar-refractivity contribution in [2.75, 3.05) is 12.9 Å². The molecule has 1 atom stereocenters. The second kappa shape index (κ2) is 6.32. The SMILES string of the molecule is CS(=O)(=O)c1ccc(-c2noc(-c3cnc(C4CCCO4)s3)n2)cc1. The molecule has 25 heavy (non-hydrogen) atoms. The molecule has 0 bridgehead atoms. The van der Waals surface area contributed by atoms with Crippen LogP contribution in [-0.4, -0.2) is 36.4 Å². The predicted molar refractivity (Wildman–Crippen MR) is 91.9 cm³/mol. The fourth-order valence-corrected chi connectivity index (χ4v) is 4.15. The molecule has 0 amide bonds. The summed E-state index contributed by atoms with van der Waals surface area (Å²) in [5.74, 6) is 0.797. The molecule has 3 aromatic rings. The largest absolute Gasteiger partial charge is 0.371 e. The maximum Gasteiger partial charge on any atom is 0.269 e. The zero-order valence-corrected chi connectivity index (χ0v) is 15.0. The van der Waals surface area contributed by atoms with Gasteiger partial charge in [-0.15, -0.1) is 11.3 Å². The molecule has 1 aliphatic heterocycles. The summed E-state index contributed by atoms with van der Waals surface area (Å²) in [4.78, 5) is 9.82. The van der Waals surface area contributed by atoms with Gasteiger partial charge in [0.25, 0.3) is 5.89 Å². The van der Waals surface area contributed by atoms with Gasteiger partial charge in [-0.1, -0.05) is 5.16 Å². The molecule has 0 N–H and O–H groups in total. The lowest BCUT2D eigenvalue weighted by Gasteiger charge is -2.02. The van der Waals surface area contributed by atoms with Gasteiger partial charge in [0.15, 0.2) is 9.84 Å². The predicted octanol–water partition coefficient (Wildman–Crippen LogP) is 3.12. The Hall–Kier alpha value is -2.10. The third-order valence-corrected chi connectivity index (χ3v) is 6.11. The van der Waals surface area contributed by atoms with E-state index in [9.17, 15) is 8.42 Å². The summed E-state index contributed by atoms with van der Waals surface area (Å²) in [5, 5.41) is 4.89. The molecule has 1 aromatic carbocycles. The van der Waals surface area contributed by atoms with E-state index in [2.05, 4.69) is 15.1 Å². The molecule has 1 fully saturated rings. The summed E-state index contributed by atoms with van der Waals surface area (Å²) in [6, 6.07) is 6.39. The fraction of sp³-hybridized carbons (Fsp3) is 0.312. The molecule has 0 aliphatic carbocycles. The molecule has 1 saturated heterocycles. The molecule has 1 aliphatic rings. The van der Waals surface area contributed by atoms with Crippen molar-refractivity contribution in [1.29, 1.82) is 0 Å². The van der Waals surface area contributed by atoms with E-state index < -0.39 is 9.84 Å². The van der Waals surface area contributed by atoms with Gasteiger partial charge in [-0.05, 0) is 37.1 Å². The van der Waals surface area contributed by atoms with E-state index in [4.69, 9.17) is 9.26 Å². The van der Waals surface area contributed by atoms with Crippen LogP contribution >= 0.6 is 11.3 Å². The number of nitrogens with zero attached hydrogens (tertiary/aromatic N) is 3. The van der Waals surface area contributed by atoms with Crippen molar-refractivity contribution in [2.45, 2.75) is 23.8 Å². The van der Waals surface area contributed by atoms with Gasteiger partial charge < -0.3 is 9.26 Å². The Kier molecular flexibility index (Phi) is 4.14. The Morgan fingerprint density at radius 2 is 2.04 bits per heavy atom. The van der Waals surface area contributed by atoms with Crippen LogP contribution in [0, 0.1) is 0 Å². The average molecular weight is 377 g/mol. The van der Waals surface area contributed by atoms with E-state index >= 15 is 0 Å². The normalized spacial score (nSPS) is 17.9. The molecule has 0 saturated carbocycles. The van der Waals surface area contributed by atoms with E-state index in [-0.39, 0.29) is 11.0 Å². The van der Waals surface area contributed by atoms with Crippen molar-refractivity contribution in [1.82, 2.24) is 15.1 Å². The summed E-state index contributed by atoms with van der Waals surface area (Å²) in [6.07, 6.45) is 4.97. The van der Waals surface area contributed by atoms with Crippen molar-refractivity contribution in [3.63, 3.8) is 0 Å². The van der Waals surface area contributed by atoms with Crippen molar-refractivity contribution in [3.8, 4) is 22.2 Å². The van der Waals surface area contributed by atoms with Crippen LogP contribution in [-0.2, 0) is 14.6 Å². The van der Waals surface area contributed by atoms with Gasteiger partial charge in [0.05, 0.1) is 11.1 Å². The molecule has 1 unspecified atom stereocenters. The standard InChI is InChI=1S/C16H15N3O4S2/c1-25(20,21)11-6-4-10(5-7-11)14-18-15(23-19-14)13-9-17-16(24-13)12-3-2-8-22-12/h4-7,9,12H,2-3,8H2,1H3. The summed E-state index contributed by atoms with van der Waals surface area (Å²) < 4.78 is 34.0. The molecule has 4 rings (SSSR count). The van der Waals surface area contributed by atoms with Crippen molar-refractivity contribution < 1.29 is 17.7 Å². The number of ether oxygens (including phenoxy) is 1. The first-order valence-corrected chi connectivity index (χ1v) is 10.4. The molecule has 130 valence electrons. The minimum atomic E-state index is -3.23. The van der Waals surface area contributed by atoms with Gasteiger partial charge in [-0.25, -0.2) is 13.4 Å². The number of benzene rings is 1. The highest BCUT2D eigenvalue weighted by Crippen LogP contribution is 2.35. The van der Waals surface area contributed by atoms with Gasteiger partial charge in [0.2, 0.25) is 5.82 Å². The Balaban J connectivity index is 1.58. The Bertz CT molecular complexity index is 987. The molecular weight excluding hydrogens is 362 g/mol. The van der Waals surface area contributed by atoms with Crippen LogP contribution in [0.4, 0.5) is 0 Å². The molecule has 7 nitrogen and oxygen atoms in total. The Morgan fingerprint density at radius 1 is 1.24 bits per heavy atom. The summed E-state index contributed by atoms with van der Waals surface area (Å²) >= 11 is 1.49. The molecule has 2 aromatic heterocycles. The maximum absolute atomic E-state index is 11.5. The topological polar surface area (TPSA) is 95.2 Å². The van der Waals surface area contributed by atoms with Gasteiger partial charge in [0.1, 0.15) is 16.0 Å². The number of aromatic nitrogens is 3. The second-order valence-electron chi connectivity index (χ2n) is 5.78. The zero-order valence-electron chi connectivity index (χ0n) is 13.4. The van der Waals surface area contributed by atoms with Crippen LogP contribution < -0.4 is 0 Å². The molecule has 0 spiro atoms. The van der Waals surface area contributed by atoms with Crippen LogP contribution in [0.25, 0.3) is 22.2 Å². The van der Waals surface area contributed by atoms with Crippen molar-refractivity contribution in [3.05, 3.63) is 35.5 Å². The average Bonchev–Trinajstić information content (AvgIpc) is 3.33. The second-order valence-corrected chi connectivity index (χ2v) is 8.86. The first-order valence-electron chi connectivity index (χ1n) is 7.72. The number of rotatable bonds is 4. The van der Waals surface area contributed by atoms with E-state index in [1.807, 2.05) is 0 Å². The van der Waals surface area contributed by atoms with Crippen LogP contribution in [0.5, 0.6) is 0 Å². The first kappa shape index (κ1) is 16.4. The molecule has 3 heterocycles. The first-order chi connectivity index (χ1) is 12.0. The van der Waals surface area contributed by atoms with E-state index in [0.717, 1.165) is 29.3 Å². The highest BCUT2D eigenvalue weighted by atomic mass is 32.2. The van der Waals surface area contributed by atoms with Gasteiger partial charge >= 0.3 is 0 Å². The zero-order chi connectivity index (χ0) is 17.4. The lowest BCUT2D eigenvalue weighted by Crippen LogP contribution is -1.96. The Labute approximate surface area is 148 Å². The lowest BCUT2D eigenvalue weighted by molar-refractivity contribution is 0.111. The number of hydrogen-bond acceptors (Lipinski definition) is 8. The lowest BCUT2D eigenvalue weighted by atomic mass is 10.2. The quantitative estimate of drug-likeness (QED) is 0.689. The third-order valence-electron chi connectivity index (χ3n) is 3.91. The summed E-state index contributed by atoms with van der Waals surface area (Å²) in [5.41, 5.74) is 0.686. The van der Waals surface area contributed by atoms with E-state index in [1.54, 1.807) is 18.3 Å². The number of hydrogen-bond donors (Lipinski definition) is 0. The monoisotopic (exact) mass is 377 g/mol. The smallest absolute Gasteiger partial charge is 0.269 e. The van der Waals surface area contributed by atoms with Crippen LogP contribution in [0.2, 0.25) is 0 Å². The van der Waals surface area contributed by atoms with Gasteiger partial charge in [-0.3, -0.25) is 0 Å². The molecule has 9 heteroatoms. The van der Waals surface area contributed by atoms with Gasteiger partial charge in [-0.2, -0.15) is 4.98 Å². The summed E-state index contributed by atoms with van der Waals surface area (Å²) in [7, 11) is -3.23. The Morgan fingerprint density at radius 3 is 2.72 bits per heavy atom.